The van der Waals surface area contributed by atoms with Gasteiger partial charge in [-0.3, -0.25) is 0 Å². The van der Waals surface area contributed by atoms with Crippen LogP contribution in [-0.4, -0.2) is 29.1 Å². The molecular weight excluding hydrogens is 212 g/mol. The summed E-state index contributed by atoms with van der Waals surface area (Å²) >= 11 is 0. The minimum absolute atomic E-state index is 0.154. The summed E-state index contributed by atoms with van der Waals surface area (Å²) in [5.74, 6) is 0.791. The van der Waals surface area contributed by atoms with Gasteiger partial charge in [0.05, 0.1) is 0 Å². The zero-order valence-electron chi connectivity index (χ0n) is 11.3. The maximum Gasteiger partial charge on any atom is 0.225 e. The van der Waals surface area contributed by atoms with Gasteiger partial charge in [-0.05, 0) is 32.3 Å². The Morgan fingerprint density at radius 3 is 2.35 bits per heavy atom. The molecule has 0 spiro atoms. The first-order valence-corrected chi connectivity index (χ1v) is 6.34. The van der Waals surface area contributed by atoms with E-state index in [1.807, 2.05) is 26.4 Å². The lowest BCUT2D eigenvalue weighted by atomic mass is 10.1. The van der Waals surface area contributed by atoms with E-state index in [2.05, 4.69) is 28.7 Å². The Bertz CT molecular complexity index is 321. The summed E-state index contributed by atoms with van der Waals surface area (Å²) in [6.45, 7) is 6.38. The normalized spacial score (nSPS) is 14.4. The highest BCUT2D eigenvalue weighted by atomic mass is 15.2. The fourth-order valence-electron chi connectivity index (χ4n) is 1.82. The monoisotopic (exact) mass is 236 g/mol. The lowest BCUT2D eigenvalue weighted by molar-refractivity contribution is 0.604. The summed E-state index contributed by atoms with van der Waals surface area (Å²) in [5, 5.41) is 0. The summed E-state index contributed by atoms with van der Waals surface area (Å²) in [6.07, 6.45) is 6.91. The molecule has 1 rings (SSSR count). The zero-order chi connectivity index (χ0) is 12.8. The third-order valence-corrected chi connectivity index (χ3v) is 2.93. The maximum absolute atomic E-state index is 5.74. The van der Waals surface area contributed by atoms with Crippen LogP contribution in [0.25, 0.3) is 0 Å². The number of anilines is 1. The van der Waals surface area contributed by atoms with Crippen molar-refractivity contribution in [3.05, 3.63) is 18.0 Å². The third-order valence-electron chi connectivity index (χ3n) is 2.93. The van der Waals surface area contributed by atoms with Crippen molar-refractivity contribution >= 4 is 5.95 Å². The van der Waals surface area contributed by atoms with Crippen molar-refractivity contribution < 1.29 is 0 Å². The molecule has 0 aromatic carbocycles. The van der Waals surface area contributed by atoms with Gasteiger partial charge in [0.1, 0.15) is 0 Å². The van der Waals surface area contributed by atoms with Crippen LogP contribution >= 0.6 is 0 Å². The Hall–Kier alpha value is -1.16. The number of rotatable bonds is 6. The van der Waals surface area contributed by atoms with Crippen LogP contribution in [0.1, 0.15) is 39.2 Å². The van der Waals surface area contributed by atoms with Crippen molar-refractivity contribution in [2.75, 3.05) is 11.9 Å². The second-order valence-corrected chi connectivity index (χ2v) is 4.82. The molecule has 4 heteroatoms. The molecule has 0 fully saturated rings. The van der Waals surface area contributed by atoms with Gasteiger partial charge in [-0.15, -0.1) is 0 Å². The highest BCUT2D eigenvalue weighted by molar-refractivity contribution is 5.29. The van der Waals surface area contributed by atoms with Crippen LogP contribution in [0.5, 0.6) is 0 Å². The SMILES string of the molecule is CCCC(C)N(C)c1ncc(CC(C)N)cn1. The Labute approximate surface area is 104 Å². The molecule has 1 aromatic rings. The van der Waals surface area contributed by atoms with E-state index in [-0.39, 0.29) is 6.04 Å². The summed E-state index contributed by atoms with van der Waals surface area (Å²) in [4.78, 5) is 10.9. The smallest absolute Gasteiger partial charge is 0.225 e. The van der Waals surface area contributed by atoms with Crippen LogP contribution in [0.15, 0.2) is 12.4 Å². The molecule has 2 atom stereocenters. The summed E-state index contributed by atoms with van der Waals surface area (Å²) < 4.78 is 0. The molecule has 17 heavy (non-hydrogen) atoms. The van der Waals surface area contributed by atoms with E-state index in [1.54, 1.807) is 0 Å². The molecule has 2 N–H and O–H groups in total. The van der Waals surface area contributed by atoms with Crippen molar-refractivity contribution in [2.45, 2.75) is 52.1 Å². The average Bonchev–Trinajstić information content (AvgIpc) is 2.28. The van der Waals surface area contributed by atoms with Gasteiger partial charge in [0.25, 0.3) is 0 Å². The minimum atomic E-state index is 0.154. The van der Waals surface area contributed by atoms with Gasteiger partial charge in [0, 0.05) is 31.5 Å². The van der Waals surface area contributed by atoms with Gasteiger partial charge in [-0.1, -0.05) is 13.3 Å². The fourth-order valence-corrected chi connectivity index (χ4v) is 1.82. The number of aromatic nitrogens is 2. The molecule has 1 aromatic heterocycles. The van der Waals surface area contributed by atoms with E-state index in [0.29, 0.717) is 6.04 Å². The Kier molecular flexibility index (Phi) is 5.35. The van der Waals surface area contributed by atoms with Crippen molar-refractivity contribution in [3.63, 3.8) is 0 Å². The van der Waals surface area contributed by atoms with Gasteiger partial charge in [0.15, 0.2) is 0 Å². The lowest BCUT2D eigenvalue weighted by Gasteiger charge is -2.24. The van der Waals surface area contributed by atoms with E-state index in [9.17, 15) is 0 Å². The summed E-state index contributed by atoms with van der Waals surface area (Å²) in [6, 6.07) is 0.625. The molecule has 0 bridgehead atoms. The highest BCUT2D eigenvalue weighted by Gasteiger charge is 2.11. The van der Waals surface area contributed by atoms with Gasteiger partial charge in [0.2, 0.25) is 5.95 Å². The molecular formula is C13H24N4. The fraction of sp³-hybridized carbons (Fsp3) is 0.692. The van der Waals surface area contributed by atoms with Crippen molar-refractivity contribution in [1.82, 2.24) is 9.97 Å². The molecule has 0 saturated heterocycles. The number of nitrogens with two attached hydrogens (primary N) is 1. The zero-order valence-corrected chi connectivity index (χ0v) is 11.3. The van der Waals surface area contributed by atoms with Crippen LogP contribution in [0.3, 0.4) is 0 Å². The van der Waals surface area contributed by atoms with E-state index in [1.165, 1.54) is 6.42 Å². The molecule has 0 aliphatic heterocycles. The number of hydrogen-bond acceptors (Lipinski definition) is 4. The standard InChI is InChI=1S/C13H24N4/c1-5-6-11(3)17(4)13-15-8-12(9-16-13)7-10(2)14/h8-11H,5-7,14H2,1-4H3. The predicted octanol–water partition coefficient (Wildman–Crippen LogP) is 1.99. The Balaban J connectivity index is 2.66. The predicted molar refractivity (Wildman–Crippen MR) is 72.2 cm³/mol. The third kappa shape index (κ3) is 4.30. The molecule has 0 radical (unpaired) electrons. The summed E-state index contributed by atoms with van der Waals surface area (Å²) in [5.41, 5.74) is 6.84. The van der Waals surface area contributed by atoms with Crippen LogP contribution in [0.4, 0.5) is 5.95 Å². The Morgan fingerprint density at radius 2 is 1.88 bits per heavy atom. The van der Waals surface area contributed by atoms with Crippen molar-refractivity contribution in [2.24, 2.45) is 5.73 Å². The molecule has 2 unspecified atom stereocenters. The first-order valence-electron chi connectivity index (χ1n) is 6.34. The van der Waals surface area contributed by atoms with Crippen LogP contribution in [-0.2, 0) is 6.42 Å². The summed E-state index contributed by atoms with van der Waals surface area (Å²) in [7, 11) is 2.04. The molecule has 0 amide bonds. The molecule has 0 aliphatic carbocycles. The van der Waals surface area contributed by atoms with Crippen molar-refractivity contribution in [3.8, 4) is 0 Å². The lowest BCUT2D eigenvalue weighted by Crippen LogP contribution is -2.30. The number of hydrogen-bond donors (Lipinski definition) is 1. The maximum atomic E-state index is 5.74. The topological polar surface area (TPSA) is 55.0 Å². The molecule has 4 nitrogen and oxygen atoms in total. The molecule has 0 aliphatic rings. The van der Waals surface area contributed by atoms with Crippen LogP contribution in [0.2, 0.25) is 0 Å². The van der Waals surface area contributed by atoms with E-state index < -0.39 is 0 Å². The van der Waals surface area contributed by atoms with Gasteiger partial charge in [-0.25, -0.2) is 9.97 Å². The van der Waals surface area contributed by atoms with Crippen LogP contribution in [0, 0.1) is 0 Å². The quantitative estimate of drug-likeness (QED) is 0.820. The highest BCUT2D eigenvalue weighted by Crippen LogP contribution is 2.12. The van der Waals surface area contributed by atoms with Gasteiger partial charge in [-0.2, -0.15) is 0 Å². The van der Waals surface area contributed by atoms with Crippen molar-refractivity contribution in [1.29, 1.82) is 0 Å². The first-order chi connectivity index (χ1) is 8.04. The molecule has 1 heterocycles. The molecule has 0 saturated carbocycles. The largest absolute Gasteiger partial charge is 0.341 e. The average molecular weight is 236 g/mol. The van der Waals surface area contributed by atoms with Crippen LogP contribution < -0.4 is 10.6 Å². The van der Waals surface area contributed by atoms with E-state index >= 15 is 0 Å². The second-order valence-electron chi connectivity index (χ2n) is 4.82. The first kappa shape index (κ1) is 13.9. The molecule has 96 valence electrons. The number of nitrogens with zero attached hydrogens (tertiary/aromatic N) is 3. The van der Waals surface area contributed by atoms with Gasteiger partial charge < -0.3 is 10.6 Å². The van der Waals surface area contributed by atoms with E-state index in [4.69, 9.17) is 5.73 Å². The second kappa shape index (κ2) is 6.55. The Morgan fingerprint density at radius 1 is 1.29 bits per heavy atom. The minimum Gasteiger partial charge on any atom is -0.341 e. The van der Waals surface area contributed by atoms with E-state index in [0.717, 1.165) is 24.4 Å². The van der Waals surface area contributed by atoms with Gasteiger partial charge >= 0.3 is 0 Å².